The van der Waals surface area contributed by atoms with Crippen LogP contribution >= 0.6 is 15.9 Å². The first-order valence-electron chi connectivity index (χ1n) is 2.90. The predicted octanol–water partition coefficient (Wildman–Crippen LogP) is -0.0829. The summed E-state index contributed by atoms with van der Waals surface area (Å²) in [5.41, 5.74) is 6.25. The number of fused-ring (bicyclic) bond motifs is 1. The molecule has 2 heterocycles. The summed E-state index contributed by atoms with van der Waals surface area (Å²) in [6.45, 7) is 0. The van der Waals surface area contributed by atoms with Crippen molar-refractivity contribution in [3.05, 3.63) is 0 Å². The molecule has 1 unspecified atom stereocenters. The molecule has 0 aromatic carbocycles. The molecule has 6 heteroatoms. The molecule has 56 valence electrons. The summed E-state index contributed by atoms with van der Waals surface area (Å²) in [5, 5.41) is 0. The van der Waals surface area contributed by atoms with Crippen LogP contribution in [0.2, 0.25) is 0 Å². The van der Waals surface area contributed by atoms with Crippen LogP contribution in [-0.4, -0.2) is 28.8 Å². The van der Waals surface area contributed by atoms with Gasteiger partial charge in [0.2, 0.25) is 4.57 Å². The van der Waals surface area contributed by atoms with E-state index in [2.05, 4.69) is 35.9 Å². The number of nitrogens with two attached hydrogens (primary N) is 1. The normalized spacial score (nSPS) is 33.3. The fourth-order valence-electron chi connectivity index (χ4n) is 0.831. The Morgan fingerprint density at radius 1 is 1.36 bits per heavy atom. The molecule has 2 N–H and O–H groups in total. The highest BCUT2D eigenvalue weighted by Crippen LogP contribution is 2.20. The first kappa shape index (κ1) is 6.81. The zero-order chi connectivity index (χ0) is 7.90. The van der Waals surface area contributed by atoms with Gasteiger partial charge in [-0.15, -0.1) is 0 Å². The smallest absolute Gasteiger partial charge is 0.212 e. The third-order valence-corrected chi connectivity index (χ3v) is 1.92. The van der Waals surface area contributed by atoms with Crippen LogP contribution in [0.3, 0.4) is 0 Å². The minimum Gasteiger partial charge on any atom is -0.293 e. The quantitative estimate of drug-likeness (QED) is 0.444. The van der Waals surface area contributed by atoms with Gasteiger partial charge in [0.15, 0.2) is 5.84 Å². The number of rotatable bonds is 0. The van der Waals surface area contributed by atoms with Gasteiger partial charge in [0.05, 0.1) is 0 Å². The van der Waals surface area contributed by atoms with Gasteiger partial charge in [0.1, 0.15) is 18.4 Å². The first-order valence-corrected chi connectivity index (χ1v) is 3.70. The average Bonchev–Trinajstić information content (AvgIpc) is 2.34. The maximum atomic E-state index is 5.69. The molecule has 2 aliphatic rings. The minimum absolute atomic E-state index is 0.527. The molecule has 5 nitrogen and oxygen atoms in total. The SMILES string of the molecule is NC1(Br)N=CN=C2N=CN=C21. The highest BCUT2D eigenvalue weighted by molar-refractivity contribution is 9.10. The molecule has 0 amide bonds. The summed E-state index contributed by atoms with van der Waals surface area (Å²) in [5.74, 6) is 0.527. The van der Waals surface area contributed by atoms with Gasteiger partial charge in [0, 0.05) is 0 Å². The van der Waals surface area contributed by atoms with Crippen LogP contribution in [0.25, 0.3) is 0 Å². The van der Waals surface area contributed by atoms with Crippen molar-refractivity contribution in [2.75, 3.05) is 0 Å². The van der Waals surface area contributed by atoms with E-state index in [-0.39, 0.29) is 0 Å². The Hall–Kier alpha value is -0.880. The maximum Gasteiger partial charge on any atom is 0.212 e. The second-order valence-electron chi connectivity index (χ2n) is 2.09. The molecule has 1 atom stereocenters. The monoisotopic (exact) mass is 213 g/mol. The average molecular weight is 214 g/mol. The van der Waals surface area contributed by atoms with E-state index >= 15 is 0 Å². The van der Waals surface area contributed by atoms with E-state index in [4.69, 9.17) is 5.73 Å². The molecule has 0 radical (unpaired) electrons. The second-order valence-corrected chi connectivity index (χ2v) is 3.30. The first-order chi connectivity index (χ1) is 5.20. The van der Waals surface area contributed by atoms with Gasteiger partial charge in [-0.05, 0) is 15.9 Å². The zero-order valence-corrected chi connectivity index (χ0v) is 6.98. The maximum absolute atomic E-state index is 5.69. The molecule has 2 aliphatic heterocycles. The number of hydrogen-bond acceptors (Lipinski definition) is 5. The molecule has 11 heavy (non-hydrogen) atoms. The lowest BCUT2D eigenvalue weighted by atomic mass is 10.3. The lowest BCUT2D eigenvalue weighted by Crippen LogP contribution is -2.44. The second kappa shape index (κ2) is 2.05. The summed E-state index contributed by atoms with van der Waals surface area (Å²) in [6.07, 6.45) is 2.78. The molecular weight excluding hydrogens is 210 g/mol. The third kappa shape index (κ3) is 0.945. The highest BCUT2D eigenvalue weighted by atomic mass is 79.9. The van der Waals surface area contributed by atoms with Crippen LogP contribution in [0, 0.1) is 0 Å². The minimum atomic E-state index is -0.944. The van der Waals surface area contributed by atoms with Gasteiger partial charge in [-0.25, -0.2) is 20.0 Å². The number of halogens is 1. The fraction of sp³-hybridized carbons (Fsp3) is 0.200. The molecule has 0 aliphatic carbocycles. The summed E-state index contributed by atoms with van der Waals surface area (Å²) >= 11 is 3.19. The number of nitrogens with zero attached hydrogens (tertiary/aromatic N) is 4. The molecule has 0 bridgehead atoms. The van der Waals surface area contributed by atoms with Gasteiger partial charge < -0.3 is 0 Å². The topological polar surface area (TPSA) is 75.5 Å². The van der Waals surface area contributed by atoms with Gasteiger partial charge >= 0.3 is 0 Å². The highest BCUT2D eigenvalue weighted by Gasteiger charge is 2.34. The largest absolute Gasteiger partial charge is 0.293 e. The Balaban J connectivity index is 2.51. The van der Waals surface area contributed by atoms with E-state index in [0.717, 1.165) is 0 Å². The fourth-order valence-corrected chi connectivity index (χ4v) is 1.20. The molecule has 0 spiro atoms. The van der Waals surface area contributed by atoms with Crippen LogP contribution in [0.15, 0.2) is 20.0 Å². The lowest BCUT2D eigenvalue weighted by Gasteiger charge is -2.18. The molecular formula is C5H4BrN5. The number of hydrogen-bond donors (Lipinski definition) is 1. The van der Waals surface area contributed by atoms with Gasteiger partial charge in [-0.2, -0.15) is 0 Å². The Labute approximate surface area is 71.0 Å². The molecule has 2 rings (SSSR count). The van der Waals surface area contributed by atoms with Crippen LogP contribution in [0.5, 0.6) is 0 Å². The summed E-state index contributed by atoms with van der Waals surface area (Å²) in [7, 11) is 0. The van der Waals surface area contributed by atoms with Crippen LogP contribution in [-0.2, 0) is 0 Å². The van der Waals surface area contributed by atoms with Crippen molar-refractivity contribution < 1.29 is 0 Å². The van der Waals surface area contributed by atoms with Crippen molar-refractivity contribution in [1.82, 2.24) is 0 Å². The van der Waals surface area contributed by atoms with Crippen LogP contribution < -0.4 is 5.73 Å². The molecule has 0 saturated heterocycles. The Kier molecular flexibility index (Phi) is 1.27. The summed E-state index contributed by atoms with van der Waals surface area (Å²) in [4.78, 5) is 15.5. The number of aliphatic imine (C=N–C) groups is 4. The zero-order valence-electron chi connectivity index (χ0n) is 5.40. The van der Waals surface area contributed by atoms with Crippen molar-refractivity contribution in [1.29, 1.82) is 0 Å². The summed E-state index contributed by atoms with van der Waals surface area (Å²) < 4.78 is -0.944. The van der Waals surface area contributed by atoms with Crippen molar-refractivity contribution >= 4 is 40.2 Å². The molecule has 0 aromatic heterocycles. The van der Waals surface area contributed by atoms with E-state index in [0.29, 0.717) is 11.5 Å². The van der Waals surface area contributed by atoms with Gasteiger partial charge in [0.25, 0.3) is 0 Å². The summed E-state index contributed by atoms with van der Waals surface area (Å²) in [6, 6.07) is 0. The standard InChI is InChI=1S/C5H4BrN5/c6-5(7)3-4(9-1-8-3)10-2-11-5/h1-2H,7H2. The Morgan fingerprint density at radius 2 is 2.18 bits per heavy atom. The predicted molar refractivity (Wildman–Crippen MR) is 47.7 cm³/mol. The van der Waals surface area contributed by atoms with Crippen LogP contribution in [0.1, 0.15) is 0 Å². The van der Waals surface area contributed by atoms with E-state index in [1.807, 2.05) is 0 Å². The van der Waals surface area contributed by atoms with Gasteiger partial charge in [-0.3, -0.25) is 5.73 Å². The number of amidine groups is 1. The van der Waals surface area contributed by atoms with E-state index < -0.39 is 4.57 Å². The van der Waals surface area contributed by atoms with E-state index in [1.54, 1.807) is 0 Å². The van der Waals surface area contributed by atoms with Crippen molar-refractivity contribution in [3.63, 3.8) is 0 Å². The third-order valence-electron chi connectivity index (χ3n) is 1.34. The van der Waals surface area contributed by atoms with Gasteiger partial charge in [-0.1, -0.05) is 0 Å². The molecule has 0 saturated carbocycles. The van der Waals surface area contributed by atoms with E-state index in [9.17, 15) is 0 Å². The Bertz CT molecular complexity index is 311. The molecule has 0 aromatic rings. The van der Waals surface area contributed by atoms with Crippen molar-refractivity contribution in [2.45, 2.75) is 4.57 Å². The number of alkyl halides is 1. The Morgan fingerprint density at radius 3 is 2.91 bits per heavy atom. The van der Waals surface area contributed by atoms with Crippen molar-refractivity contribution in [2.24, 2.45) is 25.7 Å². The molecule has 0 fully saturated rings. The van der Waals surface area contributed by atoms with E-state index in [1.165, 1.54) is 12.7 Å². The van der Waals surface area contributed by atoms with Crippen LogP contribution in [0.4, 0.5) is 0 Å². The van der Waals surface area contributed by atoms with Crippen molar-refractivity contribution in [3.8, 4) is 0 Å². The lowest BCUT2D eigenvalue weighted by molar-refractivity contribution is 0.876.